The van der Waals surface area contributed by atoms with E-state index in [1.807, 2.05) is 4.90 Å². The van der Waals surface area contributed by atoms with Crippen LogP contribution in [0.2, 0.25) is 0 Å². The highest BCUT2D eigenvalue weighted by Crippen LogP contribution is 2.38. The summed E-state index contributed by atoms with van der Waals surface area (Å²) in [4.78, 5) is 33.0. The van der Waals surface area contributed by atoms with Gasteiger partial charge in [-0.3, -0.25) is 9.59 Å². The Balaban J connectivity index is 1.43. The monoisotopic (exact) mass is 420 g/mol. The molecule has 0 aromatic heterocycles. The third kappa shape index (κ3) is 4.83. The molecule has 0 radical (unpaired) electrons. The van der Waals surface area contributed by atoms with E-state index in [0.29, 0.717) is 18.6 Å². The van der Waals surface area contributed by atoms with Gasteiger partial charge in [0.05, 0.1) is 6.04 Å². The van der Waals surface area contributed by atoms with Crippen molar-refractivity contribution >= 4 is 11.8 Å². The third-order valence-corrected chi connectivity index (χ3v) is 7.78. The molecule has 170 valence electrons. The van der Waals surface area contributed by atoms with Gasteiger partial charge in [0.15, 0.2) is 0 Å². The molecule has 3 heterocycles. The topological polar surface area (TPSA) is 65.1 Å². The highest BCUT2D eigenvalue weighted by Gasteiger charge is 2.43. The fourth-order valence-corrected chi connectivity index (χ4v) is 5.62. The second kappa shape index (κ2) is 9.13. The van der Waals surface area contributed by atoms with Crippen LogP contribution in [-0.2, 0) is 14.3 Å². The van der Waals surface area contributed by atoms with Gasteiger partial charge in [-0.05, 0) is 57.4 Å². The quantitative estimate of drug-likeness (QED) is 0.746. The maximum Gasteiger partial charge on any atom is 0.252 e. The molecule has 7 nitrogen and oxygen atoms in total. The summed E-state index contributed by atoms with van der Waals surface area (Å²) in [5.41, 5.74) is 0.364. The molecule has 0 aromatic rings. The van der Waals surface area contributed by atoms with Gasteiger partial charge in [0.1, 0.15) is 6.10 Å². The van der Waals surface area contributed by atoms with Crippen LogP contribution in [-0.4, -0.2) is 97.1 Å². The average Bonchev–Trinajstić information content (AvgIpc) is 3.42. The Labute approximate surface area is 181 Å². The number of ether oxygens (including phenoxy) is 1. The van der Waals surface area contributed by atoms with Crippen molar-refractivity contribution in [1.82, 2.24) is 20.0 Å². The van der Waals surface area contributed by atoms with Crippen LogP contribution in [0.3, 0.4) is 0 Å². The lowest BCUT2D eigenvalue weighted by Crippen LogP contribution is -2.53. The molecule has 3 saturated heterocycles. The Bertz CT molecular complexity index is 616. The van der Waals surface area contributed by atoms with E-state index in [1.54, 1.807) is 0 Å². The Morgan fingerprint density at radius 2 is 1.73 bits per heavy atom. The molecule has 4 fully saturated rings. The minimum atomic E-state index is -0.285. The number of nitrogens with zero attached hydrogens (tertiary/aromatic N) is 3. The molecule has 7 heteroatoms. The molecule has 0 bridgehead atoms. The van der Waals surface area contributed by atoms with Crippen LogP contribution in [0.15, 0.2) is 0 Å². The summed E-state index contributed by atoms with van der Waals surface area (Å²) in [6.45, 7) is 9.53. The largest absolute Gasteiger partial charge is 0.368 e. The van der Waals surface area contributed by atoms with E-state index in [2.05, 4.69) is 36.0 Å². The summed E-state index contributed by atoms with van der Waals surface area (Å²) >= 11 is 0. The first kappa shape index (κ1) is 22.0. The third-order valence-electron chi connectivity index (χ3n) is 7.78. The predicted molar refractivity (Wildman–Crippen MR) is 116 cm³/mol. The number of carbonyl (C=O) groups excluding carboxylic acids is 2. The lowest BCUT2D eigenvalue weighted by Gasteiger charge is -2.43. The standard InChI is InChI=1S/C23H40N4O3/c1-23(2)8-6-17(7-9-23)27(22(29)20-5-4-14-30-20)18-15-19(24-16-18)21(28)26-12-10-25(3)11-13-26/h17-20,24H,4-16H2,1-3H3/t18-,19-,20?/m0/s1. The molecule has 3 aliphatic heterocycles. The van der Waals surface area contributed by atoms with Crippen LogP contribution < -0.4 is 5.32 Å². The molecule has 4 aliphatic rings. The van der Waals surface area contributed by atoms with Crippen LogP contribution in [0.25, 0.3) is 0 Å². The van der Waals surface area contributed by atoms with E-state index >= 15 is 0 Å². The number of hydrogen-bond donors (Lipinski definition) is 1. The van der Waals surface area contributed by atoms with Gasteiger partial charge in [-0.25, -0.2) is 0 Å². The normalized spacial score (nSPS) is 33.0. The van der Waals surface area contributed by atoms with E-state index in [4.69, 9.17) is 4.74 Å². The number of likely N-dealkylation sites (N-methyl/N-ethyl adjacent to an activating group) is 1. The minimum Gasteiger partial charge on any atom is -0.368 e. The molecule has 0 aromatic carbocycles. The van der Waals surface area contributed by atoms with E-state index in [1.165, 1.54) is 0 Å². The zero-order valence-corrected chi connectivity index (χ0v) is 19.1. The van der Waals surface area contributed by atoms with Crippen molar-refractivity contribution in [2.75, 3.05) is 46.4 Å². The Morgan fingerprint density at radius 1 is 1.03 bits per heavy atom. The van der Waals surface area contributed by atoms with Gasteiger partial charge in [0, 0.05) is 51.4 Å². The summed E-state index contributed by atoms with van der Waals surface area (Å²) in [7, 11) is 2.10. The smallest absolute Gasteiger partial charge is 0.252 e. The van der Waals surface area contributed by atoms with Gasteiger partial charge in [0.25, 0.3) is 5.91 Å². The molecule has 30 heavy (non-hydrogen) atoms. The molecule has 1 N–H and O–H groups in total. The Hall–Kier alpha value is -1.18. The Kier molecular flexibility index (Phi) is 6.70. The maximum atomic E-state index is 13.5. The highest BCUT2D eigenvalue weighted by atomic mass is 16.5. The van der Waals surface area contributed by atoms with Crippen LogP contribution in [0.1, 0.15) is 58.8 Å². The summed E-state index contributed by atoms with van der Waals surface area (Å²) in [5.74, 6) is 0.372. The molecule has 3 atom stereocenters. The zero-order valence-electron chi connectivity index (χ0n) is 19.1. The fourth-order valence-electron chi connectivity index (χ4n) is 5.62. The van der Waals surface area contributed by atoms with Crippen LogP contribution in [0, 0.1) is 5.41 Å². The van der Waals surface area contributed by atoms with E-state index in [-0.39, 0.29) is 36.0 Å². The first-order chi connectivity index (χ1) is 14.3. The number of carbonyl (C=O) groups is 2. The fraction of sp³-hybridized carbons (Fsp3) is 0.913. The predicted octanol–water partition coefficient (Wildman–Crippen LogP) is 1.47. The van der Waals surface area contributed by atoms with Crippen LogP contribution in [0.4, 0.5) is 0 Å². The van der Waals surface area contributed by atoms with Crippen molar-refractivity contribution in [3.05, 3.63) is 0 Å². The zero-order chi connectivity index (χ0) is 21.3. The first-order valence-corrected chi connectivity index (χ1v) is 12.0. The minimum absolute atomic E-state index is 0.0920. The summed E-state index contributed by atoms with van der Waals surface area (Å²) in [6, 6.07) is 0.201. The van der Waals surface area contributed by atoms with Gasteiger partial charge in [-0.2, -0.15) is 0 Å². The molecule has 0 spiro atoms. The molecular formula is C23H40N4O3. The van der Waals surface area contributed by atoms with Gasteiger partial charge in [-0.1, -0.05) is 13.8 Å². The van der Waals surface area contributed by atoms with Crippen molar-refractivity contribution in [2.45, 2.75) is 83.0 Å². The van der Waals surface area contributed by atoms with Crippen molar-refractivity contribution in [1.29, 1.82) is 0 Å². The lowest BCUT2D eigenvalue weighted by atomic mass is 9.75. The molecule has 4 rings (SSSR count). The average molecular weight is 421 g/mol. The number of piperazine rings is 1. The summed E-state index contributed by atoms with van der Waals surface area (Å²) in [5, 5.41) is 3.46. The lowest BCUT2D eigenvalue weighted by molar-refractivity contribution is -0.147. The van der Waals surface area contributed by atoms with E-state index in [9.17, 15) is 9.59 Å². The molecular weight excluding hydrogens is 380 g/mol. The second-order valence-electron chi connectivity index (χ2n) is 10.6. The molecule has 1 saturated carbocycles. The van der Waals surface area contributed by atoms with Crippen LogP contribution in [0.5, 0.6) is 0 Å². The van der Waals surface area contributed by atoms with Crippen LogP contribution >= 0.6 is 0 Å². The number of hydrogen-bond acceptors (Lipinski definition) is 5. The molecule has 2 amide bonds. The van der Waals surface area contributed by atoms with Gasteiger partial charge < -0.3 is 24.8 Å². The number of rotatable bonds is 4. The maximum absolute atomic E-state index is 13.5. The van der Waals surface area contributed by atoms with Crippen molar-refractivity contribution in [3.63, 3.8) is 0 Å². The number of nitrogens with one attached hydrogen (secondary N) is 1. The molecule has 1 aliphatic carbocycles. The van der Waals surface area contributed by atoms with Gasteiger partial charge in [-0.15, -0.1) is 0 Å². The second-order valence-corrected chi connectivity index (χ2v) is 10.6. The first-order valence-electron chi connectivity index (χ1n) is 12.0. The van der Waals surface area contributed by atoms with Crippen molar-refractivity contribution < 1.29 is 14.3 Å². The van der Waals surface area contributed by atoms with Gasteiger partial charge in [0.2, 0.25) is 5.91 Å². The summed E-state index contributed by atoms with van der Waals surface area (Å²) in [6.07, 6.45) is 6.65. The number of amides is 2. The highest BCUT2D eigenvalue weighted by molar-refractivity contribution is 5.84. The van der Waals surface area contributed by atoms with E-state index in [0.717, 1.165) is 71.1 Å². The van der Waals surface area contributed by atoms with E-state index < -0.39 is 0 Å². The van der Waals surface area contributed by atoms with Gasteiger partial charge >= 0.3 is 0 Å². The molecule has 1 unspecified atom stereocenters. The SMILES string of the molecule is CN1CCN(C(=O)[C@@H]2C[C@H](N(C(=O)C3CCCO3)C3CCC(C)(C)CC3)CN2)CC1. The van der Waals surface area contributed by atoms with Crippen molar-refractivity contribution in [3.8, 4) is 0 Å². The summed E-state index contributed by atoms with van der Waals surface area (Å²) < 4.78 is 5.78. The van der Waals surface area contributed by atoms with Crippen molar-refractivity contribution in [2.24, 2.45) is 5.41 Å². The Morgan fingerprint density at radius 3 is 2.37 bits per heavy atom.